The van der Waals surface area contributed by atoms with Crippen molar-refractivity contribution in [3.8, 4) is 0 Å². The molecular formula is C20H24O7. The lowest BCUT2D eigenvalue weighted by atomic mass is 9.73. The number of allylic oxidation sites excluding steroid dienone is 1. The molecule has 0 amide bonds. The maximum absolute atomic E-state index is 12.4. The summed E-state index contributed by atoms with van der Waals surface area (Å²) in [4.78, 5) is 24.6. The number of epoxide rings is 1. The average Bonchev–Trinajstić information content (AvgIpc) is 3.20. The predicted octanol–water partition coefficient (Wildman–Crippen LogP) is 0.801. The summed E-state index contributed by atoms with van der Waals surface area (Å²) < 4.78 is 16.8. The Morgan fingerprint density at radius 2 is 2.04 bits per heavy atom. The highest BCUT2D eigenvalue weighted by Gasteiger charge is 2.83. The Labute approximate surface area is 157 Å². The zero-order valence-electron chi connectivity index (χ0n) is 15.6. The molecule has 27 heavy (non-hydrogen) atoms. The number of carbonyl (C=O) groups is 2. The van der Waals surface area contributed by atoms with Crippen LogP contribution in [0, 0.1) is 11.8 Å². The maximum Gasteiger partial charge on any atom is 0.334 e. The Bertz CT molecular complexity index is 798. The van der Waals surface area contributed by atoms with Gasteiger partial charge in [0, 0.05) is 23.5 Å². The van der Waals surface area contributed by atoms with Gasteiger partial charge in [-0.2, -0.15) is 0 Å². The van der Waals surface area contributed by atoms with Crippen molar-refractivity contribution < 1.29 is 34.0 Å². The third-order valence-corrected chi connectivity index (χ3v) is 6.75. The molecule has 0 unspecified atom stereocenters. The van der Waals surface area contributed by atoms with Crippen LogP contribution in [0.25, 0.3) is 0 Å². The first-order chi connectivity index (χ1) is 12.6. The average molecular weight is 376 g/mol. The second-order valence-corrected chi connectivity index (χ2v) is 8.09. The van der Waals surface area contributed by atoms with E-state index >= 15 is 0 Å². The summed E-state index contributed by atoms with van der Waals surface area (Å²) in [6.45, 7) is 12.9. The van der Waals surface area contributed by atoms with E-state index in [2.05, 4.69) is 13.2 Å². The molecule has 4 rings (SSSR count). The highest BCUT2D eigenvalue weighted by atomic mass is 16.7. The van der Waals surface area contributed by atoms with Crippen LogP contribution in [0.4, 0.5) is 0 Å². The third-order valence-electron chi connectivity index (χ3n) is 6.75. The molecule has 7 nitrogen and oxygen atoms in total. The van der Waals surface area contributed by atoms with Crippen molar-refractivity contribution in [2.75, 3.05) is 0 Å². The number of hydrogen-bond donors (Lipinski definition) is 2. The molecule has 0 aromatic rings. The molecule has 146 valence electrons. The minimum absolute atomic E-state index is 0.139. The van der Waals surface area contributed by atoms with Crippen molar-refractivity contribution in [3.63, 3.8) is 0 Å². The van der Waals surface area contributed by atoms with E-state index < -0.39 is 59.4 Å². The third kappa shape index (κ3) is 2.13. The lowest BCUT2D eigenvalue weighted by Crippen LogP contribution is -2.59. The van der Waals surface area contributed by atoms with Crippen molar-refractivity contribution in [1.82, 2.24) is 0 Å². The standard InChI is InChI=1S/C20H24O7/c1-6-8(2)17(22)25-11-7-9(3)13-14(21)16-19(5,27-16)20(13,24)15-12(11)10(4)18(23)26-15/h6,11-16,21,24H,3-4,7H2,1-2,5H3/b8-6-/t11-,12-,13-,14+,15+,16-,19-,20-/m1/s1. The molecule has 0 spiro atoms. The fourth-order valence-electron chi connectivity index (χ4n) is 5.05. The van der Waals surface area contributed by atoms with Crippen LogP contribution in [0.2, 0.25) is 0 Å². The summed E-state index contributed by atoms with van der Waals surface area (Å²) >= 11 is 0. The molecule has 2 saturated carbocycles. The first kappa shape index (κ1) is 18.4. The van der Waals surface area contributed by atoms with Gasteiger partial charge in [-0.1, -0.05) is 24.8 Å². The second-order valence-electron chi connectivity index (χ2n) is 8.09. The van der Waals surface area contributed by atoms with Gasteiger partial charge < -0.3 is 24.4 Å². The quantitative estimate of drug-likeness (QED) is 0.318. The SMILES string of the molecule is C=C1C(=O)O[C@H]2[C@H]1[C@H](OC(=O)/C(C)=C\C)CC(=C)[C@@H]1[C@H](O)[C@H]3O[C@@]3(C)[C@@]12O. The van der Waals surface area contributed by atoms with Crippen molar-refractivity contribution in [3.05, 3.63) is 36.0 Å². The van der Waals surface area contributed by atoms with Crippen LogP contribution in [-0.2, 0) is 23.8 Å². The van der Waals surface area contributed by atoms with Crippen molar-refractivity contribution in [2.24, 2.45) is 11.8 Å². The molecule has 2 N–H and O–H groups in total. The molecule has 8 atom stereocenters. The van der Waals surface area contributed by atoms with E-state index in [9.17, 15) is 19.8 Å². The molecule has 2 saturated heterocycles. The number of fused-ring (bicyclic) bond motifs is 5. The first-order valence-electron chi connectivity index (χ1n) is 9.07. The first-order valence-corrected chi connectivity index (χ1v) is 9.07. The number of rotatable bonds is 2. The Balaban J connectivity index is 1.78. The summed E-state index contributed by atoms with van der Waals surface area (Å²) in [6, 6.07) is 0. The van der Waals surface area contributed by atoms with Crippen LogP contribution in [-0.4, -0.2) is 57.8 Å². The number of esters is 2. The van der Waals surface area contributed by atoms with Crippen LogP contribution >= 0.6 is 0 Å². The molecule has 4 fully saturated rings. The fourth-order valence-corrected chi connectivity index (χ4v) is 5.05. The van der Waals surface area contributed by atoms with E-state index in [-0.39, 0.29) is 12.0 Å². The summed E-state index contributed by atoms with van der Waals surface area (Å²) in [7, 11) is 0. The van der Waals surface area contributed by atoms with Crippen molar-refractivity contribution in [2.45, 2.75) is 62.8 Å². The van der Waals surface area contributed by atoms with Gasteiger partial charge in [0.2, 0.25) is 0 Å². The van der Waals surface area contributed by atoms with Crippen LogP contribution in [0.5, 0.6) is 0 Å². The molecule has 0 aromatic carbocycles. The number of hydrogen-bond acceptors (Lipinski definition) is 7. The van der Waals surface area contributed by atoms with Crippen molar-refractivity contribution >= 4 is 11.9 Å². The fraction of sp³-hybridized carbons (Fsp3) is 0.600. The highest BCUT2D eigenvalue weighted by Crippen LogP contribution is 2.65. The second kappa shape index (κ2) is 5.53. The molecule has 4 aliphatic rings. The van der Waals surface area contributed by atoms with E-state index in [0.29, 0.717) is 11.1 Å². The van der Waals surface area contributed by atoms with Crippen LogP contribution in [0.3, 0.4) is 0 Å². The van der Waals surface area contributed by atoms with Gasteiger partial charge in [0.1, 0.15) is 29.5 Å². The van der Waals surface area contributed by atoms with Gasteiger partial charge in [-0.25, -0.2) is 9.59 Å². The van der Waals surface area contributed by atoms with E-state index in [4.69, 9.17) is 14.2 Å². The van der Waals surface area contributed by atoms with Crippen molar-refractivity contribution in [1.29, 1.82) is 0 Å². The van der Waals surface area contributed by atoms with Crippen LogP contribution < -0.4 is 0 Å². The highest BCUT2D eigenvalue weighted by molar-refractivity contribution is 5.92. The Hall–Kier alpha value is -1.96. The summed E-state index contributed by atoms with van der Waals surface area (Å²) in [6.07, 6.45) is -1.54. The van der Waals surface area contributed by atoms with Crippen LogP contribution in [0.15, 0.2) is 36.0 Å². The lowest BCUT2D eigenvalue weighted by molar-refractivity contribution is -0.185. The topological polar surface area (TPSA) is 106 Å². The molecule has 2 heterocycles. The lowest BCUT2D eigenvalue weighted by Gasteiger charge is -2.40. The van der Waals surface area contributed by atoms with Gasteiger partial charge in [-0.3, -0.25) is 0 Å². The van der Waals surface area contributed by atoms with Gasteiger partial charge >= 0.3 is 11.9 Å². The monoisotopic (exact) mass is 376 g/mol. The van der Waals surface area contributed by atoms with Gasteiger partial charge in [-0.15, -0.1) is 0 Å². The normalized spacial score (nSPS) is 48.3. The Kier molecular flexibility index (Phi) is 3.77. The zero-order valence-corrected chi connectivity index (χ0v) is 15.6. The summed E-state index contributed by atoms with van der Waals surface area (Å²) in [5.41, 5.74) is -1.64. The minimum atomic E-state index is -1.68. The van der Waals surface area contributed by atoms with Crippen LogP contribution in [0.1, 0.15) is 27.2 Å². The van der Waals surface area contributed by atoms with E-state index in [1.165, 1.54) is 0 Å². The van der Waals surface area contributed by atoms with E-state index in [0.717, 1.165) is 0 Å². The largest absolute Gasteiger partial charge is 0.458 e. The smallest absolute Gasteiger partial charge is 0.334 e. The zero-order chi connectivity index (χ0) is 19.9. The predicted molar refractivity (Wildman–Crippen MR) is 93.3 cm³/mol. The summed E-state index contributed by atoms with van der Waals surface area (Å²) in [5.74, 6) is -2.66. The number of ether oxygens (including phenoxy) is 3. The molecular weight excluding hydrogens is 352 g/mol. The number of aliphatic hydroxyl groups is 2. The molecule has 0 radical (unpaired) electrons. The van der Waals surface area contributed by atoms with Gasteiger partial charge in [0.05, 0.1) is 12.0 Å². The minimum Gasteiger partial charge on any atom is -0.458 e. The molecule has 0 aromatic heterocycles. The molecule has 0 bridgehead atoms. The Morgan fingerprint density at radius 3 is 2.67 bits per heavy atom. The van der Waals surface area contributed by atoms with E-state index in [1.807, 2.05) is 0 Å². The maximum atomic E-state index is 12.4. The summed E-state index contributed by atoms with van der Waals surface area (Å²) in [5, 5.41) is 22.4. The van der Waals surface area contributed by atoms with Gasteiger partial charge in [0.25, 0.3) is 0 Å². The van der Waals surface area contributed by atoms with Gasteiger partial charge in [-0.05, 0) is 20.8 Å². The number of aliphatic hydroxyl groups excluding tert-OH is 1. The Morgan fingerprint density at radius 1 is 1.37 bits per heavy atom. The van der Waals surface area contributed by atoms with E-state index in [1.54, 1.807) is 26.8 Å². The molecule has 2 aliphatic carbocycles. The molecule has 7 heteroatoms. The molecule has 2 aliphatic heterocycles. The number of carbonyl (C=O) groups excluding carboxylic acids is 2. The van der Waals surface area contributed by atoms with Gasteiger partial charge in [0.15, 0.2) is 0 Å².